The van der Waals surface area contributed by atoms with Crippen LogP contribution < -0.4 is 20.4 Å². The van der Waals surface area contributed by atoms with Gasteiger partial charge in [0.25, 0.3) is 0 Å². The molecule has 0 bridgehead atoms. The minimum Gasteiger partial charge on any atom is -0.872 e. The zero-order chi connectivity index (χ0) is 14.9. The molecule has 0 aromatic heterocycles. The molecule has 0 spiro atoms. The third-order valence-corrected chi connectivity index (χ3v) is 2.74. The molecule has 2 radical (unpaired) electrons. The van der Waals surface area contributed by atoms with Gasteiger partial charge in [-0.25, -0.2) is 0 Å². The van der Waals surface area contributed by atoms with E-state index in [-0.39, 0.29) is 43.9 Å². The number of carbonyl (C=O) groups is 2. The number of carbonyl (C=O) groups excluding carboxylic acids is 2. The summed E-state index contributed by atoms with van der Waals surface area (Å²) in [6.45, 7) is 0. The molecule has 2 N–H and O–H groups in total. The SMILES string of the molecule is O=C([O-])c1ccc(-c2ccc(C(=O)[O-])c([O-])c2)cc1[O-].[Ni+2].[Ni+2].[OH].[OH]. The van der Waals surface area contributed by atoms with E-state index in [9.17, 15) is 30.0 Å². The standard InChI is InChI=1S/C14H10O6.2Ni.2HO/c15-11-5-7(1-3-9(11)13(17)18)8-2-4-10(14(19)20)12(16)6-8;;;;/h1-6,15-16H,(H,17,18)(H,19,20);;;2*1H/q;2*+2;;/p-4. The summed E-state index contributed by atoms with van der Waals surface area (Å²) in [5.41, 5.74) is -0.353. The molecule has 0 aliphatic rings. The van der Waals surface area contributed by atoms with Crippen molar-refractivity contribution in [3.8, 4) is 22.6 Å². The summed E-state index contributed by atoms with van der Waals surface area (Å²) in [6.07, 6.45) is 0. The topological polar surface area (TPSA) is 186 Å². The van der Waals surface area contributed by atoms with Crippen LogP contribution in [-0.4, -0.2) is 22.9 Å². The van der Waals surface area contributed by atoms with E-state index < -0.39 is 34.6 Å². The van der Waals surface area contributed by atoms with Crippen LogP contribution in [-0.2, 0) is 33.0 Å². The van der Waals surface area contributed by atoms with Gasteiger partial charge < -0.3 is 30.0 Å². The smallest absolute Gasteiger partial charge is 0.872 e. The van der Waals surface area contributed by atoms with Crippen molar-refractivity contribution in [2.24, 2.45) is 0 Å². The van der Waals surface area contributed by atoms with Crippen LogP contribution in [0.25, 0.3) is 11.1 Å². The maximum atomic E-state index is 11.5. The Bertz CT molecular complexity index is 656. The largest absolute Gasteiger partial charge is 2.00 e. The first kappa shape index (κ1) is 26.8. The Kier molecular flexibility index (Phi) is 11.8. The van der Waals surface area contributed by atoms with E-state index in [1.54, 1.807) is 0 Å². The first-order chi connectivity index (χ1) is 9.40. The van der Waals surface area contributed by atoms with Crippen molar-refractivity contribution in [2.45, 2.75) is 0 Å². The van der Waals surface area contributed by atoms with Gasteiger partial charge in [0.15, 0.2) is 0 Å². The van der Waals surface area contributed by atoms with Crippen molar-refractivity contribution in [3.05, 3.63) is 47.5 Å². The van der Waals surface area contributed by atoms with Gasteiger partial charge in [-0.15, -0.1) is 0 Å². The summed E-state index contributed by atoms with van der Waals surface area (Å²) in [4.78, 5) is 21.2. The quantitative estimate of drug-likeness (QED) is 0.532. The van der Waals surface area contributed by atoms with E-state index >= 15 is 0 Å². The predicted octanol–water partition coefficient (Wildman–Crippen LogP) is -2.13. The molecule has 2 aromatic rings. The Hall–Kier alpha value is -2.11. The fraction of sp³-hybridized carbons (Fsp3) is 0. The molecule has 0 saturated heterocycles. The van der Waals surface area contributed by atoms with Gasteiger partial charge in [-0.2, -0.15) is 0 Å². The maximum Gasteiger partial charge on any atom is 2.00 e. The first-order valence-corrected chi connectivity index (χ1v) is 5.45. The maximum absolute atomic E-state index is 11.5. The molecule has 24 heavy (non-hydrogen) atoms. The molecule has 10 heteroatoms. The van der Waals surface area contributed by atoms with Crippen molar-refractivity contribution in [2.75, 3.05) is 0 Å². The zero-order valence-electron chi connectivity index (χ0n) is 11.4. The Morgan fingerprint density at radius 3 is 1.17 bits per heavy atom. The van der Waals surface area contributed by atoms with Gasteiger partial charge in [0.1, 0.15) is 0 Å². The number of benzene rings is 2. The monoisotopic (exact) mass is 420 g/mol. The predicted molar refractivity (Wildman–Crippen MR) is 63.3 cm³/mol. The van der Waals surface area contributed by atoms with Crippen LogP contribution in [0.4, 0.5) is 0 Å². The molecule has 2 aromatic carbocycles. The van der Waals surface area contributed by atoms with E-state index in [0.717, 1.165) is 24.3 Å². The van der Waals surface area contributed by atoms with E-state index in [2.05, 4.69) is 0 Å². The molecule has 0 heterocycles. The van der Waals surface area contributed by atoms with Crippen LogP contribution in [0.2, 0.25) is 0 Å². The Labute approximate surface area is 156 Å². The second-order valence-corrected chi connectivity index (χ2v) is 4.00. The Morgan fingerprint density at radius 1 is 0.667 bits per heavy atom. The molecule has 0 saturated carbocycles. The summed E-state index contributed by atoms with van der Waals surface area (Å²) in [6, 6.07) is 6.89. The molecule has 0 aliphatic heterocycles. The van der Waals surface area contributed by atoms with E-state index in [0.29, 0.717) is 11.1 Å². The molecular weight excluding hydrogens is 414 g/mol. The normalized spacial score (nSPS) is 8.50. The summed E-state index contributed by atoms with van der Waals surface area (Å²) < 4.78 is 0. The molecule has 8 nitrogen and oxygen atoms in total. The van der Waals surface area contributed by atoms with Gasteiger partial charge in [0.05, 0.1) is 11.9 Å². The van der Waals surface area contributed by atoms with Crippen molar-refractivity contribution in [3.63, 3.8) is 0 Å². The number of aromatic carboxylic acids is 2. The van der Waals surface area contributed by atoms with Gasteiger partial charge in [-0.05, 0) is 22.3 Å². The van der Waals surface area contributed by atoms with Crippen molar-refractivity contribution in [1.29, 1.82) is 0 Å². The molecule has 0 amide bonds. The molecule has 132 valence electrons. The Morgan fingerprint density at radius 2 is 0.958 bits per heavy atom. The average Bonchev–Trinajstić information content (AvgIpc) is 2.37. The fourth-order valence-electron chi connectivity index (χ4n) is 1.74. The van der Waals surface area contributed by atoms with Crippen LogP contribution in [0.1, 0.15) is 20.7 Å². The second kappa shape index (κ2) is 10.6. The molecule has 0 fully saturated rings. The van der Waals surface area contributed by atoms with Gasteiger partial charge in [-0.3, -0.25) is 11.0 Å². The Balaban J connectivity index is -0.00000110. The minimum absolute atomic E-state index is 0. The van der Waals surface area contributed by atoms with Gasteiger partial charge >= 0.3 is 33.0 Å². The molecule has 0 unspecified atom stereocenters. The minimum atomic E-state index is -1.58. The summed E-state index contributed by atoms with van der Waals surface area (Å²) in [7, 11) is 0. The molecular formula is C14H8Ni2O8. The van der Waals surface area contributed by atoms with Gasteiger partial charge in [-0.1, -0.05) is 47.9 Å². The van der Waals surface area contributed by atoms with Gasteiger partial charge in [0, 0.05) is 0 Å². The number of carboxylic acid groups (broad SMARTS) is 2. The first-order valence-electron chi connectivity index (χ1n) is 5.45. The third kappa shape index (κ3) is 5.51. The van der Waals surface area contributed by atoms with Crippen molar-refractivity contribution in [1.82, 2.24) is 0 Å². The molecule has 0 atom stereocenters. The molecule has 2 rings (SSSR count). The van der Waals surface area contributed by atoms with Crippen LogP contribution in [0.5, 0.6) is 11.5 Å². The van der Waals surface area contributed by atoms with E-state index in [4.69, 9.17) is 0 Å². The number of hydrogen-bond donors (Lipinski definition) is 2. The van der Waals surface area contributed by atoms with E-state index in [1.165, 1.54) is 12.1 Å². The average molecular weight is 422 g/mol. The van der Waals surface area contributed by atoms with Crippen molar-refractivity contribution < 1.29 is 74.0 Å². The molecule has 0 aliphatic carbocycles. The van der Waals surface area contributed by atoms with Crippen LogP contribution in [0.15, 0.2) is 36.4 Å². The van der Waals surface area contributed by atoms with E-state index in [1.807, 2.05) is 0 Å². The van der Waals surface area contributed by atoms with Gasteiger partial charge in [0.2, 0.25) is 0 Å². The van der Waals surface area contributed by atoms with Crippen LogP contribution in [0.3, 0.4) is 0 Å². The third-order valence-electron chi connectivity index (χ3n) is 2.74. The van der Waals surface area contributed by atoms with Crippen LogP contribution >= 0.6 is 0 Å². The summed E-state index contributed by atoms with van der Waals surface area (Å²) in [5.74, 6) is -4.67. The number of hydrogen-bond acceptors (Lipinski definition) is 6. The fourth-order valence-corrected chi connectivity index (χ4v) is 1.74. The summed E-state index contributed by atoms with van der Waals surface area (Å²) in [5, 5.41) is 44.2. The van der Waals surface area contributed by atoms with Crippen molar-refractivity contribution >= 4 is 11.9 Å². The summed E-state index contributed by atoms with van der Waals surface area (Å²) >= 11 is 0. The van der Waals surface area contributed by atoms with Crippen LogP contribution in [0, 0.1) is 0 Å². The second-order valence-electron chi connectivity index (χ2n) is 4.00. The number of rotatable bonds is 3. The zero-order valence-corrected chi connectivity index (χ0v) is 13.4. The number of carboxylic acids is 2.